The lowest BCUT2D eigenvalue weighted by atomic mass is 10.3. The van der Waals surface area contributed by atoms with Crippen molar-refractivity contribution in [3.63, 3.8) is 0 Å². The molecule has 1 aromatic rings. The Morgan fingerprint density at radius 1 is 1.71 bits per heavy atom. The zero-order chi connectivity index (χ0) is 10.7. The topological polar surface area (TPSA) is 42.2 Å². The van der Waals surface area contributed by atoms with Crippen molar-refractivity contribution in [2.24, 2.45) is 0 Å². The van der Waals surface area contributed by atoms with E-state index in [0.717, 1.165) is 22.4 Å². The Morgan fingerprint density at radius 2 is 2.36 bits per heavy atom. The fourth-order valence-corrected chi connectivity index (χ4v) is 1.60. The van der Waals surface area contributed by atoms with E-state index in [1.807, 2.05) is 24.9 Å². The first-order valence-corrected chi connectivity index (χ1v) is 5.06. The first kappa shape index (κ1) is 11.0. The number of aromatic nitrogens is 1. The number of nitrogens with two attached hydrogens (primary N) is 1. The standard InChI is InChI=1S/C10H14BrN3/c1-7(2)6-14(3)10-9(12)4-8(11)5-13-10/h4-5H,1,6,12H2,2-3H3. The highest BCUT2D eigenvalue weighted by atomic mass is 79.9. The molecule has 0 aliphatic carbocycles. The lowest BCUT2D eigenvalue weighted by molar-refractivity contribution is 0.956. The Bertz CT molecular complexity index is 349. The maximum atomic E-state index is 5.83. The van der Waals surface area contributed by atoms with Gasteiger partial charge in [0.15, 0.2) is 5.82 Å². The van der Waals surface area contributed by atoms with E-state index in [2.05, 4.69) is 27.5 Å². The zero-order valence-electron chi connectivity index (χ0n) is 8.42. The molecule has 0 aliphatic rings. The quantitative estimate of drug-likeness (QED) is 0.844. The third-order valence-electron chi connectivity index (χ3n) is 1.73. The molecule has 1 rings (SSSR count). The van der Waals surface area contributed by atoms with Gasteiger partial charge < -0.3 is 10.6 Å². The highest BCUT2D eigenvalue weighted by Gasteiger charge is 2.06. The van der Waals surface area contributed by atoms with E-state index in [4.69, 9.17) is 5.73 Å². The number of hydrogen-bond donors (Lipinski definition) is 1. The third kappa shape index (κ3) is 2.73. The summed E-state index contributed by atoms with van der Waals surface area (Å²) < 4.78 is 0.891. The Hall–Kier alpha value is -1.03. The molecular formula is C10H14BrN3. The average molecular weight is 256 g/mol. The predicted molar refractivity (Wildman–Crippen MR) is 64.4 cm³/mol. The normalized spacial score (nSPS) is 9.93. The maximum Gasteiger partial charge on any atom is 0.151 e. The van der Waals surface area contributed by atoms with Crippen LogP contribution in [0.1, 0.15) is 6.92 Å². The molecule has 0 unspecified atom stereocenters. The molecule has 0 saturated heterocycles. The Kier molecular flexibility index (Phi) is 3.52. The maximum absolute atomic E-state index is 5.83. The van der Waals surface area contributed by atoms with Crippen LogP contribution in [0.4, 0.5) is 11.5 Å². The summed E-state index contributed by atoms with van der Waals surface area (Å²) in [6.07, 6.45) is 1.74. The number of hydrogen-bond acceptors (Lipinski definition) is 3. The van der Waals surface area contributed by atoms with Crippen LogP contribution >= 0.6 is 15.9 Å². The largest absolute Gasteiger partial charge is 0.396 e. The fourth-order valence-electron chi connectivity index (χ4n) is 1.25. The molecule has 0 radical (unpaired) electrons. The minimum Gasteiger partial charge on any atom is -0.396 e. The van der Waals surface area contributed by atoms with Gasteiger partial charge in [0.2, 0.25) is 0 Å². The number of nitrogens with zero attached hydrogens (tertiary/aromatic N) is 2. The SMILES string of the molecule is C=C(C)CN(C)c1ncc(Br)cc1N. The molecule has 0 spiro atoms. The molecule has 0 aromatic carbocycles. The van der Waals surface area contributed by atoms with E-state index < -0.39 is 0 Å². The number of anilines is 2. The van der Waals surface area contributed by atoms with Crippen molar-refractivity contribution in [2.75, 3.05) is 24.2 Å². The number of nitrogen functional groups attached to an aromatic ring is 1. The Labute approximate surface area is 92.8 Å². The van der Waals surface area contributed by atoms with Gasteiger partial charge in [-0.25, -0.2) is 4.98 Å². The van der Waals surface area contributed by atoms with Gasteiger partial charge in [-0.05, 0) is 28.9 Å². The fraction of sp³-hybridized carbons (Fsp3) is 0.300. The van der Waals surface area contributed by atoms with Crippen molar-refractivity contribution in [2.45, 2.75) is 6.92 Å². The summed E-state index contributed by atoms with van der Waals surface area (Å²) in [6.45, 7) is 6.59. The summed E-state index contributed by atoms with van der Waals surface area (Å²) in [6, 6.07) is 1.84. The van der Waals surface area contributed by atoms with E-state index in [9.17, 15) is 0 Å². The first-order valence-electron chi connectivity index (χ1n) is 4.27. The van der Waals surface area contributed by atoms with Gasteiger partial charge in [-0.15, -0.1) is 0 Å². The summed E-state index contributed by atoms with van der Waals surface area (Å²) in [5.74, 6) is 0.788. The van der Waals surface area contributed by atoms with E-state index in [1.165, 1.54) is 0 Å². The number of halogens is 1. The highest BCUT2D eigenvalue weighted by Crippen LogP contribution is 2.22. The van der Waals surface area contributed by atoms with Gasteiger partial charge in [-0.3, -0.25) is 0 Å². The monoisotopic (exact) mass is 255 g/mol. The number of rotatable bonds is 3. The minimum atomic E-state index is 0.670. The van der Waals surface area contributed by atoms with Gasteiger partial charge in [-0.2, -0.15) is 0 Å². The van der Waals surface area contributed by atoms with Crippen molar-refractivity contribution < 1.29 is 0 Å². The molecular weight excluding hydrogens is 242 g/mol. The summed E-state index contributed by atoms with van der Waals surface area (Å²) in [5, 5.41) is 0. The molecule has 0 aliphatic heterocycles. The second-order valence-corrected chi connectivity index (χ2v) is 4.30. The lowest BCUT2D eigenvalue weighted by Gasteiger charge is -2.19. The van der Waals surface area contributed by atoms with E-state index in [0.29, 0.717) is 5.69 Å². The van der Waals surface area contributed by atoms with Gasteiger partial charge in [0.1, 0.15) is 0 Å². The number of likely N-dealkylation sites (N-methyl/N-ethyl adjacent to an activating group) is 1. The van der Waals surface area contributed by atoms with Crippen molar-refractivity contribution in [1.29, 1.82) is 0 Å². The van der Waals surface area contributed by atoms with Gasteiger partial charge in [-0.1, -0.05) is 12.2 Å². The summed E-state index contributed by atoms with van der Waals surface area (Å²) in [4.78, 5) is 6.22. The van der Waals surface area contributed by atoms with Gasteiger partial charge in [0, 0.05) is 24.3 Å². The molecule has 1 heterocycles. The summed E-state index contributed by atoms with van der Waals surface area (Å²) in [7, 11) is 1.95. The van der Waals surface area contributed by atoms with E-state index in [-0.39, 0.29) is 0 Å². The molecule has 0 amide bonds. The van der Waals surface area contributed by atoms with Crippen LogP contribution in [0.5, 0.6) is 0 Å². The third-order valence-corrected chi connectivity index (χ3v) is 2.16. The van der Waals surface area contributed by atoms with E-state index in [1.54, 1.807) is 6.20 Å². The van der Waals surface area contributed by atoms with Crippen molar-refractivity contribution in [1.82, 2.24) is 4.98 Å². The Morgan fingerprint density at radius 3 is 2.86 bits per heavy atom. The Balaban J connectivity index is 2.90. The van der Waals surface area contributed by atoms with Crippen molar-refractivity contribution in [3.05, 3.63) is 28.9 Å². The molecule has 76 valence electrons. The lowest BCUT2D eigenvalue weighted by Crippen LogP contribution is -2.21. The molecule has 0 fully saturated rings. The van der Waals surface area contributed by atoms with Crippen LogP contribution in [-0.2, 0) is 0 Å². The second-order valence-electron chi connectivity index (χ2n) is 3.38. The van der Waals surface area contributed by atoms with Crippen LogP contribution in [0.2, 0.25) is 0 Å². The predicted octanol–water partition coefficient (Wildman–Crippen LogP) is 2.44. The van der Waals surface area contributed by atoms with Gasteiger partial charge >= 0.3 is 0 Å². The molecule has 2 N–H and O–H groups in total. The van der Waals surface area contributed by atoms with Crippen LogP contribution < -0.4 is 10.6 Å². The molecule has 0 atom stereocenters. The summed E-state index contributed by atoms with van der Waals surface area (Å²) >= 11 is 3.32. The van der Waals surface area contributed by atoms with Crippen LogP contribution in [0.3, 0.4) is 0 Å². The van der Waals surface area contributed by atoms with Crippen molar-refractivity contribution >= 4 is 27.4 Å². The summed E-state index contributed by atoms with van der Waals surface area (Å²) in [5.41, 5.74) is 7.58. The molecule has 1 aromatic heterocycles. The molecule has 0 saturated carbocycles. The molecule has 0 bridgehead atoms. The molecule has 14 heavy (non-hydrogen) atoms. The van der Waals surface area contributed by atoms with Gasteiger partial charge in [0.25, 0.3) is 0 Å². The highest BCUT2D eigenvalue weighted by molar-refractivity contribution is 9.10. The zero-order valence-corrected chi connectivity index (χ0v) is 10.0. The second kappa shape index (κ2) is 4.46. The van der Waals surface area contributed by atoms with Crippen LogP contribution in [-0.4, -0.2) is 18.6 Å². The minimum absolute atomic E-state index is 0.670. The smallest absolute Gasteiger partial charge is 0.151 e. The molecule has 3 nitrogen and oxygen atoms in total. The van der Waals surface area contributed by atoms with Gasteiger partial charge in [0.05, 0.1) is 5.69 Å². The first-order chi connectivity index (χ1) is 6.50. The molecule has 4 heteroatoms. The van der Waals surface area contributed by atoms with E-state index >= 15 is 0 Å². The number of pyridine rings is 1. The average Bonchev–Trinajstić information content (AvgIpc) is 2.01. The van der Waals surface area contributed by atoms with Crippen LogP contribution in [0, 0.1) is 0 Å². The van der Waals surface area contributed by atoms with Crippen LogP contribution in [0.15, 0.2) is 28.9 Å². The van der Waals surface area contributed by atoms with Crippen molar-refractivity contribution in [3.8, 4) is 0 Å². The van der Waals surface area contributed by atoms with Crippen LogP contribution in [0.25, 0.3) is 0 Å².